The first kappa shape index (κ1) is 22.0. The van der Waals surface area contributed by atoms with Crippen molar-refractivity contribution < 1.29 is 4.79 Å². The summed E-state index contributed by atoms with van der Waals surface area (Å²) in [5.41, 5.74) is 4.45. The molecule has 5 nitrogen and oxygen atoms in total. The van der Waals surface area contributed by atoms with Crippen LogP contribution in [-0.4, -0.2) is 26.4 Å². The van der Waals surface area contributed by atoms with Crippen LogP contribution in [0.25, 0.3) is 22.5 Å². The third-order valence-corrected chi connectivity index (χ3v) is 6.85. The van der Waals surface area contributed by atoms with Crippen molar-refractivity contribution in [1.29, 1.82) is 0 Å². The molecule has 0 saturated carbocycles. The summed E-state index contributed by atoms with van der Waals surface area (Å²) < 4.78 is 2.02. The number of nitrogens with zero attached hydrogens (tertiary/aromatic N) is 3. The summed E-state index contributed by atoms with van der Waals surface area (Å²) in [5, 5.41) is 14.7. The van der Waals surface area contributed by atoms with E-state index in [4.69, 9.17) is 0 Å². The fourth-order valence-corrected chi connectivity index (χ4v) is 5.09. The molecule has 2 aromatic heterocycles. The highest BCUT2D eigenvalue weighted by molar-refractivity contribution is 7.99. The number of hydrogen-bond donors (Lipinski definition) is 1. The van der Waals surface area contributed by atoms with Gasteiger partial charge < -0.3 is 5.32 Å². The van der Waals surface area contributed by atoms with E-state index in [2.05, 4.69) is 46.5 Å². The monoisotopic (exact) mass is 460 g/mol. The van der Waals surface area contributed by atoms with Crippen molar-refractivity contribution in [3.63, 3.8) is 0 Å². The molecule has 32 heavy (non-hydrogen) atoms. The van der Waals surface area contributed by atoms with Gasteiger partial charge in [-0.3, -0.25) is 9.36 Å². The average Bonchev–Trinajstić information content (AvgIpc) is 3.40. The molecule has 0 spiro atoms. The van der Waals surface area contributed by atoms with Gasteiger partial charge in [0.05, 0.1) is 5.75 Å². The normalized spacial score (nSPS) is 10.8. The van der Waals surface area contributed by atoms with Crippen LogP contribution in [0.15, 0.2) is 83.9 Å². The molecule has 0 atom stereocenters. The maximum absolute atomic E-state index is 12.4. The van der Waals surface area contributed by atoms with Crippen molar-refractivity contribution >= 4 is 29.0 Å². The number of benzene rings is 2. The Kier molecular flexibility index (Phi) is 7.19. The van der Waals surface area contributed by atoms with Gasteiger partial charge in [0.2, 0.25) is 5.91 Å². The van der Waals surface area contributed by atoms with Crippen LogP contribution in [0.4, 0.5) is 0 Å². The third kappa shape index (κ3) is 5.00. The Morgan fingerprint density at radius 2 is 1.84 bits per heavy atom. The molecular weight excluding hydrogens is 436 g/mol. The summed E-state index contributed by atoms with van der Waals surface area (Å²) in [7, 11) is 0. The van der Waals surface area contributed by atoms with Crippen molar-refractivity contribution in [3.8, 4) is 22.5 Å². The minimum absolute atomic E-state index is 0.0371. The Hall–Kier alpha value is -3.16. The Morgan fingerprint density at radius 3 is 2.56 bits per heavy atom. The molecule has 0 aliphatic rings. The van der Waals surface area contributed by atoms with Crippen molar-refractivity contribution in [2.75, 3.05) is 5.75 Å². The summed E-state index contributed by atoms with van der Waals surface area (Å²) in [5.74, 6) is 1.03. The molecule has 162 valence electrons. The van der Waals surface area contributed by atoms with Crippen LogP contribution < -0.4 is 5.32 Å². The van der Waals surface area contributed by atoms with Gasteiger partial charge in [-0.25, -0.2) is 0 Å². The molecule has 0 unspecified atom stereocenters. The number of amides is 1. The second kappa shape index (κ2) is 10.4. The number of thiophene rings is 1. The highest BCUT2D eigenvalue weighted by Gasteiger charge is 2.20. The number of carbonyl (C=O) groups is 1. The molecule has 7 heteroatoms. The van der Waals surface area contributed by atoms with E-state index in [1.54, 1.807) is 11.3 Å². The number of carbonyl (C=O) groups excluding carboxylic acids is 1. The average molecular weight is 461 g/mol. The Balaban J connectivity index is 1.53. The lowest BCUT2D eigenvalue weighted by molar-refractivity contribution is -0.118. The molecule has 0 aliphatic heterocycles. The zero-order valence-corrected chi connectivity index (χ0v) is 19.5. The molecule has 1 amide bonds. The fraction of sp³-hybridized carbons (Fsp3) is 0.160. The number of thioether (sulfide) groups is 1. The first-order valence-electron chi connectivity index (χ1n) is 10.3. The van der Waals surface area contributed by atoms with Gasteiger partial charge in [0.25, 0.3) is 0 Å². The molecule has 2 heterocycles. The van der Waals surface area contributed by atoms with E-state index in [0.29, 0.717) is 18.2 Å². The van der Waals surface area contributed by atoms with Crippen LogP contribution in [0.1, 0.15) is 10.4 Å². The number of hydrogen-bond acceptors (Lipinski definition) is 5. The van der Waals surface area contributed by atoms with Crippen molar-refractivity contribution in [3.05, 3.63) is 89.1 Å². The molecule has 4 rings (SSSR count). The van der Waals surface area contributed by atoms with Crippen molar-refractivity contribution in [2.45, 2.75) is 25.2 Å². The third-order valence-electron chi connectivity index (χ3n) is 4.97. The standard InChI is InChI=1S/C25H24N4OS2/c1-3-14-29-24(21-16-31-18(2)23(21)20-12-8-5-9-13-20)27-28-25(29)32-17-22(30)26-15-19-10-6-4-7-11-19/h3-13,16H,1,14-15,17H2,2H3,(H,26,30). The summed E-state index contributed by atoms with van der Waals surface area (Å²) in [6.45, 7) is 7.10. The summed E-state index contributed by atoms with van der Waals surface area (Å²) in [6, 6.07) is 20.2. The smallest absolute Gasteiger partial charge is 0.230 e. The zero-order chi connectivity index (χ0) is 22.3. The van der Waals surface area contributed by atoms with Crippen LogP contribution in [-0.2, 0) is 17.9 Å². The topological polar surface area (TPSA) is 59.8 Å². The lowest BCUT2D eigenvalue weighted by atomic mass is 10.0. The number of nitrogens with one attached hydrogen (secondary N) is 1. The lowest BCUT2D eigenvalue weighted by Gasteiger charge is -2.10. The summed E-state index contributed by atoms with van der Waals surface area (Å²) in [4.78, 5) is 13.6. The van der Waals surface area contributed by atoms with Gasteiger partial charge in [0.15, 0.2) is 11.0 Å². The highest BCUT2D eigenvalue weighted by atomic mass is 32.2. The van der Waals surface area contributed by atoms with Crippen LogP contribution >= 0.6 is 23.1 Å². The van der Waals surface area contributed by atoms with Gasteiger partial charge in [-0.05, 0) is 18.1 Å². The maximum atomic E-state index is 12.4. The van der Waals surface area contributed by atoms with E-state index >= 15 is 0 Å². The van der Waals surface area contributed by atoms with Gasteiger partial charge in [-0.1, -0.05) is 78.5 Å². The number of allylic oxidation sites excluding steroid dienone is 1. The molecule has 0 saturated heterocycles. The SMILES string of the molecule is C=CCn1c(SCC(=O)NCc2ccccc2)nnc1-c1csc(C)c1-c1ccccc1. The predicted octanol–water partition coefficient (Wildman–Crippen LogP) is 5.58. The zero-order valence-electron chi connectivity index (χ0n) is 17.8. The van der Waals surface area contributed by atoms with Crippen molar-refractivity contribution in [1.82, 2.24) is 20.1 Å². The fourth-order valence-electron chi connectivity index (χ4n) is 3.45. The predicted molar refractivity (Wildman–Crippen MR) is 133 cm³/mol. The Labute approximate surface area is 196 Å². The molecule has 0 aliphatic carbocycles. The minimum Gasteiger partial charge on any atom is -0.351 e. The van der Waals surface area contributed by atoms with Gasteiger partial charge in [0.1, 0.15) is 0 Å². The second-order valence-electron chi connectivity index (χ2n) is 7.20. The van der Waals surface area contributed by atoms with Gasteiger partial charge in [-0.15, -0.1) is 28.1 Å². The van der Waals surface area contributed by atoms with E-state index in [-0.39, 0.29) is 11.7 Å². The quantitative estimate of drug-likeness (QED) is 0.262. The summed E-state index contributed by atoms with van der Waals surface area (Å²) >= 11 is 3.09. The second-order valence-corrected chi connectivity index (χ2v) is 9.23. The van der Waals surface area contributed by atoms with E-state index in [1.165, 1.54) is 22.2 Å². The van der Waals surface area contributed by atoms with Crippen LogP contribution in [0.2, 0.25) is 0 Å². The van der Waals surface area contributed by atoms with Crippen LogP contribution in [0.5, 0.6) is 0 Å². The van der Waals surface area contributed by atoms with Crippen LogP contribution in [0, 0.1) is 6.92 Å². The van der Waals surface area contributed by atoms with Crippen molar-refractivity contribution in [2.24, 2.45) is 0 Å². The molecule has 0 radical (unpaired) electrons. The lowest BCUT2D eigenvalue weighted by Crippen LogP contribution is -2.24. The van der Waals surface area contributed by atoms with E-state index in [0.717, 1.165) is 22.5 Å². The van der Waals surface area contributed by atoms with Gasteiger partial charge in [-0.2, -0.15) is 0 Å². The summed E-state index contributed by atoms with van der Waals surface area (Å²) in [6.07, 6.45) is 1.83. The molecular formula is C25H24N4OS2. The first-order valence-corrected chi connectivity index (χ1v) is 12.1. The van der Waals surface area contributed by atoms with E-state index in [9.17, 15) is 4.79 Å². The largest absolute Gasteiger partial charge is 0.351 e. The number of aromatic nitrogens is 3. The molecule has 1 N–H and O–H groups in total. The number of aryl methyl sites for hydroxylation is 1. The molecule has 0 bridgehead atoms. The van der Waals surface area contributed by atoms with Gasteiger partial charge >= 0.3 is 0 Å². The highest BCUT2D eigenvalue weighted by Crippen LogP contribution is 2.39. The van der Waals surface area contributed by atoms with E-state index < -0.39 is 0 Å². The van der Waals surface area contributed by atoms with Gasteiger partial charge in [0, 0.05) is 34.5 Å². The molecule has 2 aromatic carbocycles. The molecule has 0 fully saturated rings. The minimum atomic E-state index is -0.0371. The maximum Gasteiger partial charge on any atom is 0.230 e. The van der Waals surface area contributed by atoms with E-state index in [1.807, 2.05) is 59.2 Å². The van der Waals surface area contributed by atoms with Crippen LogP contribution in [0.3, 0.4) is 0 Å². The number of rotatable bonds is 9. The first-order chi connectivity index (χ1) is 15.7. The Morgan fingerprint density at radius 1 is 1.12 bits per heavy atom. The molecule has 4 aromatic rings. The Bertz CT molecular complexity index is 1200.